The number of aromatic nitrogens is 2. The molecule has 10 heteroatoms. The number of nitrogens with one attached hydrogen (secondary N) is 2. The van der Waals surface area contributed by atoms with Crippen molar-refractivity contribution in [2.45, 2.75) is 6.42 Å². The third-order valence-electron chi connectivity index (χ3n) is 5.10. The van der Waals surface area contributed by atoms with E-state index in [4.69, 9.17) is 9.47 Å². The Morgan fingerprint density at radius 1 is 1.12 bits per heavy atom. The minimum Gasteiger partial charge on any atom is -0.497 e. The number of nitrogens with zero attached hydrogens (tertiary/aromatic N) is 3. The number of carbonyl (C=O) groups is 1. The van der Waals surface area contributed by atoms with Crippen LogP contribution in [-0.2, 0) is 6.42 Å². The van der Waals surface area contributed by atoms with E-state index in [1.165, 1.54) is 25.5 Å². The zero-order valence-electron chi connectivity index (χ0n) is 18.4. The van der Waals surface area contributed by atoms with E-state index in [0.29, 0.717) is 17.5 Å². The molecule has 0 aliphatic carbocycles. The number of amides is 1. The molecule has 3 aromatic carbocycles. The first-order valence-electron chi connectivity index (χ1n) is 10.2. The lowest BCUT2D eigenvalue weighted by Crippen LogP contribution is -2.17. The molecule has 4 aromatic rings. The quantitative estimate of drug-likeness (QED) is 0.234. The van der Waals surface area contributed by atoms with E-state index in [1.807, 2.05) is 24.3 Å². The van der Waals surface area contributed by atoms with E-state index in [2.05, 4.69) is 20.5 Å². The third-order valence-corrected chi connectivity index (χ3v) is 5.10. The summed E-state index contributed by atoms with van der Waals surface area (Å²) in [6, 6.07) is 17.2. The second-order valence-corrected chi connectivity index (χ2v) is 7.33. The number of nitro benzene ring substituents is 1. The van der Waals surface area contributed by atoms with Crippen molar-refractivity contribution in [3.8, 4) is 11.5 Å². The number of methoxy groups -OCH3 is 2. The van der Waals surface area contributed by atoms with Crippen molar-refractivity contribution in [2.24, 2.45) is 5.10 Å². The second-order valence-electron chi connectivity index (χ2n) is 7.33. The van der Waals surface area contributed by atoms with E-state index in [1.54, 1.807) is 31.4 Å². The van der Waals surface area contributed by atoms with Crippen molar-refractivity contribution in [2.75, 3.05) is 14.2 Å². The molecule has 34 heavy (non-hydrogen) atoms. The van der Waals surface area contributed by atoms with Gasteiger partial charge in [-0.25, -0.2) is 10.4 Å². The number of fused-ring (bicyclic) bond motifs is 1. The van der Waals surface area contributed by atoms with Crippen molar-refractivity contribution in [3.05, 3.63) is 93.3 Å². The molecule has 0 spiro atoms. The summed E-state index contributed by atoms with van der Waals surface area (Å²) >= 11 is 0. The number of rotatable bonds is 8. The maximum absolute atomic E-state index is 12.5. The molecule has 1 amide bonds. The Morgan fingerprint density at radius 3 is 2.62 bits per heavy atom. The van der Waals surface area contributed by atoms with Crippen molar-refractivity contribution < 1.29 is 19.2 Å². The molecule has 0 aliphatic rings. The Labute approximate surface area is 194 Å². The fourth-order valence-corrected chi connectivity index (χ4v) is 3.38. The number of carbonyl (C=O) groups excluding carboxylic acids is 1. The van der Waals surface area contributed by atoms with Gasteiger partial charge in [-0.2, -0.15) is 5.10 Å². The van der Waals surface area contributed by atoms with Gasteiger partial charge in [-0.15, -0.1) is 0 Å². The van der Waals surface area contributed by atoms with E-state index in [9.17, 15) is 14.9 Å². The van der Waals surface area contributed by atoms with Crippen molar-refractivity contribution >= 4 is 28.8 Å². The molecule has 0 fully saturated rings. The summed E-state index contributed by atoms with van der Waals surface area (Å²) in [5.41, 5.74) is 5.63. The van der Waals surface area contributed by atoms with Crippen LogP contribution in [0.1, 0.15) is 27.3 Å². The Kier molecular flexibility index (Phi) is 6.49. The smallest absolute Gasteiger partial charge is 0.311 e. The summed E-state index contributed by atoms with van der Waals surface area (Å²) < 4.78 is 10.1. The van der Waals surface area contributed by atoms with Crippen LogP contribution < -0.4 is 14.9 Å². The van der Waals surface area contributed by atoms with Crippen LogP contribution in [0.3, 0.4) is 0 Å². The monoisotopic (exact) mass is 459 g/mol. The minimum atomic E-state index is -0.544. The molecule has 0 saturated heterocycles. The van der Waals surface area contributed by atoms with E-state index in [-0.39, 0.29) is 11.4 Å². The van der Waals surface area contributed by atoms with Crippen LogP contribution in [0.5, 0.6) is 11.5 Å². The van der Waals surface area contributed by atoms with Gasteiger partial charge < -0.3 is 14.5 Å². The highest BCUT2D eigenvalue weighted by molar-refractivity contribution is 5.97. The molecular formula is C24H21N5O5. The number of ether oxygens (including phenoxy) is 2. The Balaban J connectivity index is 1.44. The largest absolute Gasteiger partial charge is 0.497 e. The van der Waals surface area contributed by atoms with Gasteiger partial charge in [0, 0.05) is 23.6 Å². The van der Waals surface area contributed by atoms with E-state index < -0.39 is 10.8 Å². The highest BCUT2D eigenvalue weighted by atomic mass is 16.6. The van der Waals surface area contributed by atoms with Gasteiger partial charge in [-0.1, -0.05) is 12.1 Å². The van der Waals surface area contributed by atoms with Crippen LogP contribution in [0.4, 0.5) is 5.69 Å². The van der Waals surface area contributed by atoms with Crippen LogP contribution in [0.2, 0.25) is 0 Å². The van der Waals surface area contributed by atoms with Crippen molar-refractivity contribution in [1.29, 1.82) is 0 Å². The Hall–Kier alpha value is -4.73. The number of hydrazone groups is 1. The zero-order valence-corrected chi connectivity index (χ0v) is 18.4. The normalized spacial score (nSPS) is 11.0. The maximum atomic E-state index is 12.5. The van der Waals surface area contributed by atoms with Gasteiger partial charge >= 0.3 is 5.69 Å². The van der Waals surface area contributed by atoms with Crippen LogP contribution in [0, 0.1) is 10.1 Å². The summed E-state index contributed by atoms with van der Waals surface area (Å²) in [4.78, 5) is 30.9. The molecule has 0 saturated carbocycles. The second kappa shape index (κ2) is 9.82. The lowest BCUT2D eigenvalue weighted by Gasteiger charge is -2.02. The van der Waals surface area contributed by atoms with Gasteiger partial charge in [0.25, 0.3) is 5.91 Å². The van der Waals surface area contributed by atoms with Gasteiger partial charge in [0.15, 0.2) is 5.75 Å². The Morgan fingerprint density at radius 2 is 1.91 bits per heavy atom. The lowest BCUT2D eigenvalue weighted by molar-refractivity contribution is -0.385. The van der Waals surface area contributed by atoms with Crippen molar-refractivity contribution in [3.63, 3.8) is 0 Å². The first kappa shape index (κ1) is 22.5. The predicted octanol–water partition coefficient (Wildman–Crippen LogP) is 3.84. The standard InChI is InChI=1S/C24H21N5O5/c1-33-18-7-3-15(4-8-18)12-23-26-19-9-6-17(13-20(19)27-23)24(30)28-25-14-16-5-10-22(34-2)21(11-16)29(31)32/h3-11,13-14H,12H2,1-2H3,(H,26,27)(H,28,30)/b25-14-. The fraction of sp³-hybridized carbons (Fsp3) is 0.125. The molecule has 0 radical (unpaired) electrons. The number of hydrogen-bond acceptors (Lipinski definition) is 7. The third kappa shape index (κ3) is 5.01. The number of imidazole rings is 1. The summed E-state index contributed by atoms with van der Waals surface area (Å²) in [6.45, 7) is 0. The highest BCUT2D eigenvalue weighted by Gasteiger charge is 2.14. The molecular weight excluding hydrogens is 438 g/mol. The molecule has 0 bridgehead atoms. The minimum absolute atomic E-state index is 0.144. The van der Waals surface area contributed by atoms with Gasteiger partial charge in [-0.05, 0) is 48.0 Å². The molecule has 0 aliphatic heterocycles. The van der Waals surface area contributed by atoms with Gasteiger partial charge in [0.1, 0.15) is 11.6 Å². The molecule has 1 aromatic heterocycles. The topological polar surface area (TPSA) is 132 Å². The number of nitro groups is 1. The van der Waals surface area contributed by atoms with Crippen LogP contribution in [0.25, 0.3) is 11.0 Å². The number of hydrogen-bond donors (Lipinski definition) is 2. The number of benzene rings is 3. The summed E-state index contributed by atoms with van der Waals surface area (Å²) in [5, 5.41) is 15.0. The maximum Gasteiger partial charge on any atom is 0.311 e. The average molecular weight is 459 g/mol. The first-order valence-corrected chi connectivity index (χ1v) is 10.2. The molecule has 0 unspecified atom stereocenters. The van der Waals surface area contributed by atoms with E-state index in [0.717, 1.165) is 28.2 Å². The lowest BCUT2D eigenvalue weighted by atomic mass is 10.1. The average Bonchev–Trinajstić information content (AvgIpc) is 3.25. The fourth-order valence-electron chi connectivity index (χ4n) is 3.38. The molecule has 0 atom stereocenters. The molecule has 10 nitrogen and oxygen atoms in total. The summed E-state index contributed by atoms with van der Waals surface area (Å²) in [6.07, 6.45) is 1.94. The number of H-pyrrole nitrogens is 1. The van der Waals surface area contributed by atoms with Crippen molar-refractivity contribution in [1.82, 2.24) is 15.4 Å². The summed E-state index contributed by atoms with van der Waals surface area (Å²) in [7, 11) is 2.98. The zero-order chi connectivity index (χ0) is 24.1. The van der Waals surface area contributed by atoms with E-state index >= 15 is 0 Å². The molecule has 2 N–H and O–H groups in total. The molecule has 172 valence electrons. The molecule has 1 heterocycles. The summed E-state index contributed by atoms with van der Waals surface area (Å²) in [5.74, 6) is 1.28. The number of aromatic amines is 1. The highest BCUT2D eigenvalue weighted by Crippen LogP contribution is 2.26. The predicted molar refractivity (Wildman–Crippen MR) is 127 cm³/mol. The van der Waals surface area contributed by atoms with Gasteiger partial charge in [0.05, 0.1) is 36.4 Å². The van der Waals surface area contributed by atoms with Crippen LogP contribution >= 0.6 is 0 Å². The molecule has 4 rings (SSSR count). The van der Waals surface area contributed by atoms with Crippen LogP contribution in [0.15, 0.2) is 65.8 Å². The van der Waals surface area contributed by atoms with Crippen LogP contribution in [-0.4, -0.2) is 41.2 Å². The SMILES string of the molecule is COc1ccc(Cc2nc3ccc(C(=O)N/N=C\c4ccc(OC)c([N+](=O)[O-])c4)cc3[nH]2)cc1. The van der Waals surface area contributed by atoms with Gasteiger partial charge in [0.2, 0.25) is 0 Å². The van der Waals surface area contributed by atoms with Gasteiger partial charge in [-0.3, -0.25) is 14.9 Å². The first-order chi connectivity index (χ1) is 16.5. The Bertz CT molecular complexity index is 1380.